The van der Waals surface area contributed by atoms with Crippen molar-refractivity contribution in [3.63, 3.8) is 0 Å². The van der Waals surface area contributed by atoms with Crippen LogP contribution in [0.5, 0.6) is 0 Å². The number of halogens is 1. The zero-order chi connectivity index (χ0) is 35.3. The largest absolute Gasteiger partial charge is 0.458 e. The second-order valence-electron chi connectivity index (χ2n) is 14.6. The van der Waals surface area contributed by atoms with Crippen molar-refractivity contribution in [2.24, 2.45) is 5.92 Å². The van der Waals surface area contributed by atoms with Gasteiger partial charge in [-0.25, -0.2) is 4.79 Å². The highest BCUT2D eigenvalue weighted by Gasteiger charge is 2.43. The molecule has 1 atom stereocenters. The number of rotatable bonds is 12. The van der Waals surface area contributed by atoms with Crippen LogP contribution in [-0.4, -0.2) is 69.3 Å². The molecular weight excluding hydrogens is 646 g/mol. The van der Waals surface area contributed by atoms with Crippen molar-refractivity contribution in [3.8, 4) is 0 Å². The van der Waals surface area contributed by atoms with E-state index in [0.29, 0.717) is 5.56 Å². The summed E-state index contributed by atoms with van der Waals surface area (Å²) in [6.45, 7) is 20.5. The number of benzene rings is 1. The SMILES string of the molecule is CC(C)[C@H](NC(=O)C(C)(C)NC(=O)C(C)(C)NC(=O)C(C)(C)NC(=O)C(C)(C)NC(=O)c1ccc(Br)cc1)C(=O)OC(C)(C)C. The maximum Gasteiger partial charge on any atom is 0.329 e. The Hall–Kier alpha value is -3.48. The lowest BCUT2D eigenvalue weighted by molar-refractivity contribution is -0.160. The fourth-order valence-corrected chi connectivity index (χ4v) is 3.95. The molecule has 0 radical (unpaired) electrons. The molecule has 1 rings (SSSR count). The van der Waals surface area contributed by atoms with Gasteiger partial charge in [0, 0.05) is 10.0 Å². The maximum absolute atomic E-state index is 13.3. The van der Waals surface area contributed by atoms with Crippen molar-refractivity contribution < 1.29 is 33.5 Å². The van der Waals surface area contributed by atoms with Crippen LogP contribution < -0.4 is 26.6 Å². The van der Waals surface area contributed by atoms with Crippen molar-refractivity contribution in [1.29, 1.82) is 0 Å². The van der Waals surface area contributed by atoms with Gasteiger partial charge in [-0.15, -0.1) is 0 Å². The van der Waals surface area contributed by atoms with Gasteiger partial charge in [0.15, 0.2) is 0 Å². The highest BCUT2D eigenvalue weighted by Crippen LogP contribution is 2.17. The third-order valence-corrected chi connectivity index (χ3v) is 7.22. The van der Waals surface area contributed by atoms with Gasteiger partial charge >= 0.3 is 5.97 Å². The molecule has 0 aromatic heterocycles. The Bertz CT molecular complexity index is 1300. The average molecular weight is 697 g/mol. The van der Waals surface area contributed by atoms with E-state index in [9.17, 15) is 28.8 Å². The van der Waals surface area contributed by atoms with Crippen LogP contribution >= 0.6 is 15.9 Å². The minimum absolute atomic E-state index is 0.289. The predicted molar refractivity (Wildman–Crippen MR) is 175 cm³/mol. The smallest absolute Gasteiger partial charge is 0.329 e. The van der Waals surface area contributed by atoms with Gasteiger partial charge in [0.25, 0.3) is 5.91 Å². The van der Waals surface area contributed by atoms with Crippen LogP contribution in [0.2, 0.25) is 0 Å². The van der Waals surface area contributed by atoms with Crippen LogP contribution in [0, 0.1) is 5.92 Å². The molecule has 1 aromatic rings. The second-order valence-corrected chi connectivity index (χ2v) is 15.5. The van der Waals surface area contributed by atoms with Crippen molar-refractivity contribution in [2.45, 2.75) is 124 Å². The van der Waals surface area contributed by atoms with Gasteiger partial charge in [-0.05, 0) is 106 Å². The summed E-state index contributed by atoms with van der Waals surface area (Å²) in [4.78, 5) is 78.4. The number of nitrogens with one attached hydrogen (secondary N) is 5. The van der Waals surface area contributed by atoms with E-state index >= 15 is 0 Å². The highest BCUT2D eigenvalue weighted by molar-refractivity contribution is 9.10. The van der Waals surface area contributed by atoms with Crippen molar-refractivity contribution in [2.75, 3.05) is 0 Å². The summed E-state index contributed by atoms with van der Waals surface area (Å²) < 4.78 is 6.23. The Morgan fingerprint density at radius 3 is 1.31 bits per heavy atom. The molecule has 0 unspecified atom stereocenters. The van der Waals surface area contributed by atoms with Crippen LogP contribution in [-0.2, 0) is 28.7 Å². The monoisotopic (exact) mass is 695 g/mol. The van der Waals surface area contributed by atoms with Crippen LogP contribution in [0.3, 0.4) is 0 Å². The van der Waals surface area contributed by atoms with Crippen LogP contribution in [0.15, 0.2) is 28.7 Å². The van der Waals surface area contributed by atoms with E-state index < -0.39 is 69.3 Å². The third kappa shape index (κ3) is 11.8. The summed E-state index contributed by atoms with van der Waals surface area (Å²) in [7, 11) is 0. The van der Waals surface area contributed by atoms with Gasteiger partial charge in [-0.3, -0.25) is 24.0 Å². The van der Waals surface area contributed by atoms with E-state index in [0.717, 1.165) is 4.47 Å². The molecule has 0 aliphatic rings. The number of ether oxygens (including phenoxy) is 1. The van der Waals surface area contributed by atoms with E-state index in [1.54, 1.807) is 58.9 Å². The number of esters is 1. The fraction of sp³-hybridized carbons (Fsp3) is 0.625. The summed E-state index contributed by atoms with van der Waals surface area (Å²) >= 11 is 3.31. The van der Waals surface area contributed by atoms with Gasteiger partial charge < -0.3 is 31.3 Å². The fourth-order valence-electron chi connectivity index (χ4n) is 3.69. The standard InChI is InChI=1S/C32H50BrN5O7/c1-18(2)21(23(40)45-28(3,4)5)34-24(41)29(6,7)36-26(43)31(10,11)38-27(44)32(12,13)37-25(42)30(8,9)35-22(39)19-14-16-20(33)17-15-19/h14-18,21H,1-13H3,(H,34,41)(H,35,39)(H,36,43)(H,37,42)(H,38,44)/t21-/m0/s1. The Balaban J connectivity index is 2.93. The first kappa shape index (κ1) is 39.5. The number of carbonyl (C=O) groups is 6. The minimum Gasteiger partial charge on any atom is -0.458 e. The zero-order valence-electron chi connectivity index (χ0n) is 28.7. The van der Waals surface area contributed by atoms with E-state index in [2.05, 4.69) is 42.5 Å². The molecule has 13 heteroatoms. The van der Waals surface area contributed by atoms with Gasteiger partial charge in [0.2, 0.25) is 23.6 Å². The molecule has 0 saturated carbocycles. The zero-order valence-corrected chi connectivity index (χ0v) is 30.3. The lowest BCUT2D eigenvalue weighted by Gasteiger charge is -2.36. The number of amides is 5. The Labute approximate surface area is 275 Å². The molecular formula is C32H50BrN5O7. The summed E-state index contributed by atoms with van der Waals surface area (Å²) in [5.74, 6) is -3.97. The van der Waals surface area contributed by atoms with Gasteiger partial charge in [0.1, 0.15) is 33.8 Å². The van der Waals surface area contributed by atoms with E-state index in [1.807, 2.05) is 0 Å². The molecule has 0 saturated heterocycles. The van der Waals surface area contributed by atoms with Crippen LogP contribution in [0.1, 0.15) is 100 Å². The molecule has 5 N–H and O–H groups in total. The summed E-state index contributed by atoms with van der Waals surface area (Å²) in [5.41, 5.74) is -6.29. The van der Waals surface area contributed by atoms with E-state index in [1.165, 1.54) is 55.4 Å². The molecule has 0 aliphatic heterocycles. The number of hydrogen-bond donors (Lipinski definition) is 5. The molecule has 0 heterocycles. The minimum atomic E-state index is -1.52. The number of carbonyl (C=O) groups excluding carboxylic acids is 6. The predicted octanol–water partition coefficient (Wildman–Crippen LogP) is 3.12. The molecule has 0 spiro atoms. The lowest BCUT2D eigenvalue weighted by atomic mass is 9.94. The van der Waals surface area contributed by atoms with Crippen molar-refractivity contribution in [3.05, 3.63) is 34.3 Å². The van der Waals surface area contributed by atoms with Crippen molar-refractivity contribution >= 4 is 51.4 Å². The van der Waals surface area contributed by atoms with Gasteiger partial charge in [0.05, 0.1) is 0 Å². The topological polar surface area (TPSA) is 172 Å². The molecule has 1 aromatic carbocycles. The molecule has 0 fully saturated rings. The van der Waals surface area contributed by atoms with Gasteiger partial charge in [-0.2, -0.15) is 0 Å². The quantitative estimate of drug-likeness (QED) is 0.209. The van der Waals surface area contributed by atoms with Crippen LogP contribution in [0.4, 0.5) is 0 Å². The molecule has 0 aliphatic carbocycles. The Morgan fingerprint density at radius 2 is 0.956 bits per heavy atom. The van der Waals surface area contributed by atoms with Crippen LogP contribution in [0.25, 0.3) is 0 Å². The molecule has 12 nitrogen and oxygen atoms in total. The Kier molecular flexibility index (Phi) is 12.6. The average Bonchev–Trinajstić information content (AvgIpc) is 2.84. The molecule has 252 valence electrons. The van der Waals surface area contributed by atoms with Gasteiger partial charge in [-0.1, -0.05) is 29.8 Å². The summed E-state index contributed by atoms with van der Waals surface area (Å²) in [6.07, 6.45) is 0. The first-order chi connectivity index (χ1) is 20.1. The molecule has 45 heavy (non-hydrogen) atoms. The maximum atomic E-state index is 13.3. The first-order valence-corrected chi connectivity index (χ1v) is 15.5. The third-order valence-electron chi connectivity index (χ3n) is 6.70. The van der Waals surface area contributed by atoms with E-state index in [-0.39, 0.29) is 5.92 Å². The summed E-state index contributed by atoms with van der Waals surface area (Å²) in [6, 6.07) is 5.66. The normalized spacial score (nSPS) is 13.3. The first-order valence-electron chi connectivity index (χ1n) is 14.7. The second kappa shape index (κ2) is 14.3. The lowest BCUT2D eigenvalue weighted by Crippen LogP contribution is -2.68. The molecule has 5 amide bonds. The highest BCUT2D eigenvalue weighted by atomic mass is 79.9. The van der Waals surface area contributed by atoms with E-state index in [4.69, 9.17) is 4.74 Å². The number of hydrogen-bond acceptors (Lipinski definition) is 7. The van der Waals surface area contributed by atoms with Crippen molar-refractivity contribution in [1.82, 2.24) is 26.6 Å². The Morgan fingerprint density at radius 1 is 0.600 bits per heavy atom. The molecule has 0 bridgehead atoms. The summed E-state index contributed by atoms with van der Waals surface area (Å²) in [5, 5.41) is 13.2.